The van der Waals surface area contributed by atoms with Crippen LogP contribution in [0.1, 0.15) is 23.7 Å². The lowest BCUT2D eigenvalue weighted by atomic mass is 9.95. The Kier molecular flexibility index (Phi) is 5.11. The van der Waals surface area contributed by atoms with Crippen LogP contribution in [0.2, 0.25) is 0 Å². The zero-order valence-electron chi connectivity index (χ0n) is 15.7. The van der Waals surface area contributed by atoms with Gasteiger partial charge in [-0.25, -0.2) is 0 Å². The second-order valence-electron chi connectivity index (χ2n) is 6.55. The van der Waals surface area contributed by atoms with Crippen molar-refractivity contribution in [2.24, 2.45) is 5.10 Å². The summed E-state index contributed by atoms with van der Waals surface area (Å²) in [6, 6.07) is 21.7. The van der Waals surface area contributed by atoms with Crippen molar-refractivity contribution in [2.45, 2.75) is 12.5 Å². The molecular formula is C22H19N3O4. The SMILES string of the molecule is COc1ccc(C2C/C(=N\Nc3ccc([N+](=O)[O-])cc3)c3ccccc3O2)cc1. The molecule has 0 saturated heterocycles. The van der Waals surface area contributed by atoms with E-state index in [-0.39, 0.29) is 11.8 Å². The molecule has 0 aromatic heterocycles. The van der Waals surface area contributed by atoms with Gasteiger partial charge in [0.25, 0.3) is 5.69 Å². The van der Waals surface area contributed by atoms with Gasteiger partial charge in [-0.15, -0.1) is 0 Å². The fraction of sp³-hybridized carbons (Fsp3) is 0.136. The van der Waals surface area contributed by atoms with Crippen molar-refractivity contribution >= 4 is 17.1 Å². The van der Waals surface area contributed by atoms with Gasteiger partial charge in [-0.05, 0) is 42.0 Å². The average molecular weight is 389 g/mol. The second-order valence-corrected chi connectivity index (χ2v) is 6.55. The maximum atomic E-state index is 10.8. The minimum atomic E-state index is -0.427. The lowest BCUT2D eigenvalue weighted by Gasteiger charge is -2.27. The van der Waals surface area contributed by atoms with Gasteiger partial charge in [0, 0.05) is 24.1 Å². The maximum Gasteiger partial charge on any atom is 0.269 e. The molecule has 1 aliphatic rings. The van der Waals surface area contributed by atoms with Crippen LogP contribution < -0.4 is 14.9 Å². The van der Waals surface area contributed by atoms with Gasteiger partial charge in [0.15, 0.2) is 0 Å². The molecule has 29 heavy (non-hydrogen) atoms. The summed E-state index contributed by atoms with van der Waals surface area (Å²) in [6.45, 7) is 0. The number of rotatable bonds is 5. The number of nitro groups is 1. The summed E-state index contributed by atoms with van der Waals surface area (Å²) in [7, 11) is 1.64. The van der Waals surface area contributed by atoms with Gasteiger partial charge in [0.05, 0.1) is 23.4 Å². The van der Waals surface area contributed by atoms with E-state index in [9.17, 15) is 10.1 Å². The number of methoxy groups -OCH3 is 1. The van der Waals surface area contributed by atoms with Gasteiger partial charge in [-0.3, -0.25) is 15.5 Å². The summed E-state index contributed by atoms with van der Waals surface area (Å²) in [5, 5.41) is 15.4. The molecule has 0 bridgehead atoms. The van der Waals surface area contributed by atoms with Gasteiger partial charge < -0.3 is 9.47 Å². The Hall–Kier alpha value is -3.87. The average Bonchev–Trinajstić information content (AvgIpc) is 2.77. The number of hydrazone groups is 1. The van der Waals surface area contributed by atoms with E-state index in [4.69, 9.17) is 9.47 Å². The molecule has 0 spiro atoms. The van der Waals surface area contributed by atoms with E-state index in [1.165, 1.54) is 12.1 Å². The van der Waals surface area contributed by atoms with Crippen LogP contribution in [0.15, 0.2) is 77.9 Å². The highest BCUT2D eigenvalue weighted by atomic mass is 16.6. The summed E-state index contributed by atoms with van der Waals surface area (Å²) < 4.78 is 11.4. The fourth-order valence-corrected chi connectivity index (χ4v) is 3.19. The van der Waals surface area contributed by atoms with Crippen molar-refractivity contribution in [3.63, 3.8) is 0 Å². The van der Waals surface area contributed by atoms with E-state index in [0.717, 1.165) is 28.3 Å². The molecule has 4 rings (SSSR count). The van der Waals surface area contributed by atoms with Crippen molar-refractivity contribution in [3.8, 4) is 11.5 Å². The molecule has 146 valence electrons. The minimum absolute atomic E-state index is 0.0409. The van der Waals surface area contributed by atoms with Crippen molar-refractivity contribution in [3.05, 3.63) is 94.0 Å². The van der Waals surface area contributed by atoms with Crippen LogP contribution in [0.5, 0.6) is 11.5 Å². The van der Waals surface area contributed by atoms with Crippen LogP contribution >= 0.6 is 0 Å². The predicted octanol–water partition coefficient (Wildman–Crippen LogP) is 4.94. The van der Waals surface area contributed by atoms with E-state index in [0.29, 0.717) is 12.1 Å². The van der Waals surface area contributed by atoms with E-state index in [2.05, 4.69) is 10.5 Å². The molecular weight excluding hydrogens is 370 g/mol. The minimum Gasteiger partial charge on any atom is -0.497 e. The number of nitrogens with zero attached hydrogens (tertiary/aromatic N) is 2. The third-order valence-corrected chi connectivity index (χ3v) is 4.73. The Balaban J connectivity index is 1.60. The molecule has 7 nitrogen and oxygen atoms in total. The smallest absolute Gasteiger partial charge is 0.269 e. The Morgan fingerprint density at radius 1 is 1.07 bits per heavy atom. The lowest BCUT2D eigenvalue weighted by molar-refractivity contribution is -0.384. The first kappa shape index (κ1) is 18.5. The van der Waals surface area contributed by atoms with Crippen LogP contribution in [0.4, 0.5) is 11.4 Å². The number of benzene rings is 3. The molecule has 1 unspecified atom stereocenters. The third-order valence-electron chi connectivity index (χ3n) is 4.73. The highest BCUT2D eigenvalue weighted by Crippen LogP contribution is 2.35. The van der Waals surface area contributed by atoms with Gasteiger partial charge >= 0.3 is 0 Å². The van der Waals surface area contributed by atoms with Crippen LogP contribution in [0, 0.1) is 10.1 Å². The van der Waals surface area contributed by atoms with E-state index >= 15 is 0 Å². The quantitative estimate of drug-likeness (QED) is 0.493. The number of anilines is 1. The molecule has 1 N–H and O–H groups in total. The van der Waals surface area contributed by atoms with E-state index in [1.54, 1.807) is 19.2 Å². The number of nitro benzene ring substituents is 1. The number of nitrogens with one attached hydrogen (secondary N) is 1. The number of non-ortho nitro benzene ring substituents is 1. The zero-order valence-corrected chi connectivity index (χ0v) is 15.7. The molecule has 0 radical (unpaired) electrons. The monoisotopic (exact) mass is 389 g/mol. The van der Waals surface area contributed by atoms with Crippen molar-refractivity contribution in [1.29, 1.82) is 0 Å². The molecule has 3 aromatic rings. The predicted molar refractivity (Wildman–Crippen MR) is 111 cm³/mol. The number of para-hydroxylation sites is 1. The highest BCUT2D eigenvalue weighted by Gasteiger charge is 2.26. The molecule has 1 heterocycles. The molecule has 0 fully saturated rings. The second kappa shape index (κ2) is 8.02. The van der Waals surface area contributed by atoms with E-state index < -0.39 is 4.92 Å². The van der Waals surface area contributed by atoms with Crippen molar-refractivity contribution in [2.75, 3.05) is 12.5 Å². The first-order valence-corrected chi connectivity index (χ1v) is 9.11. The van der Waals surface area contributed by atoms with Gasteiger partial charge in [0.1, 0.15) is 17.6 Å². The summed E-state index contributed by atoms with van der Waals surface area (Å²) in [6.07, 6.45) is 0.414. The number of hydrogen-bond donors (Lipinski definition) is 1. The van der Waals surface area contributed by atoms with Gasteiger partial charge in [-0.2, -0.15) is 5.10 Å². The molecule has 1 aliphatic heterocycles. The number of hydrogen-bond acceptors (Lipinski definition) is 6. The first-order valence-electron chi connectivity index (χ1n) is 9.11. The Labute approximate surface area is 167 Å². The maximum absolute atomic E-state index is 10.8. The topological polar surface area (TPSA) is 86.0 Å². The lowest BCUT2D eigenvalue weighted by Crippen LogP contribution is -2.21. The molecule has 3 aromatic carbocycles. The van der Waals surface area contributed by atoms with Crippen molar-refractivity contribution in [1.82, 2.24) is 0 Å². The summed E-state index contributed by atoms with van der Waals surface area (Å²) >= 11 is 0. The zero-order chi connectivity index (χ0) is 20.2. The Bertz CT molecular complexity index is 1050. The summed E-state index contributed by atoms with van der Waals surface area (Å²) in [4.78, 5) is 10.4. The number of fused-ring (bicyclic) bond motifs is 1. The van der Waals surface area contributed by atoms with Crippen LogP contribution in [0.3, 0.4) is 0 Å². The molecule has 0 aliphatic carbocycles. The standard InChI is InChI=1S/C22H19N3O4/c1-28-18-12-6-15(7-13-18)22-14-20(19-4-2-3-5-21(19)29-22)24-23-16-8-10-17(11-9-16)25(26)27/h2-13,22-23H,14H2,1H3/b24-20+. The first-order chi connectivity index (χ1) is 14.1. The third kappa shape index (κ3) is 4.03. The fourth-order valence-electron chi connectivity index (χ4n) is 3.19. The highest BCUT2D eigenvalue weighted by molar-refractivity contribution is 6.04. The molecule has 0 saturated carbocycles. The Morgan fingerprint density at radius 2 is 1.79 bits per heavy atom. The molecule has 1 atom stereocenters. The van der Waals surface area contributed by atoms with Crippen LogP contribution in [-0.4, -0.2) is 17.7 Å². The largest absolute Gasteiger partial charge is 0.497 e. The summed E-state index contributed by atoms with van der Waals surface area (Å²) in [5.74, 6) is 1.56. The molecule has 0 amide bonds. The van der Waals surface area contributed by atoms with E-state index in [1.807, 2.05) is 48.5 Å². The molecule has 7 heteroatoms. The van der Waals surface area contributed by atoms with Crippen LogP contribution in [0.25, 0.3) is 0 Å². The Morgan fingerprint density at radius 3 is 2.48 bits per heavy atom. The van der Waals surface area contributed by atoms with Gasteiger partial charge in [-0.1, -0.05) is 24.3 Å². The van der Waals surface area contributed by atoms with Crippen molar-refractivity contribution < 1.29 is 14.4 Å². The summed E-state index contributed by atoms with van der Waals surface area (Å²) in [5.41, 5.74) is 6.52. The van der Waals surface area contributed by atoms with Gasteiger partial charge in [0.2, 0.25) is 0 Å². The number of ether oxygens (including phenoxy) is 2. The van der Waals surface area contributed by atoms with Crippen LogP contribution in [-0.2, 0) is 0 Å². The normalized spacial score (nSPS) is 16.6.